The van der Waals surface area contributed by atoms with Crippen molar-refractivity contribution in [3.8, 4) is 11.8 Å². The van der Waals surface area contributed by atoms with E-state index in [0.29, 0.717) is 0 Å². The topological polar surface area (TPSA) is 29.3 Å². The minimum absolute atomic E-state index is 0.108. The van der Waals surface area contributed by atoms with Gasteiger partial charge in [-0.1, -0.05) is 23.4 Å². The predicted molar refractivity (Wildman–Crippen MR) is 70.9 cm³/mol. The van der Waals surface area contributed by atoms with Gasteiger partial charge in [-0.2, -0.15) is 0 Å². The van der Waals surface area contributed by atoms with Crippen molar-refractivity contribution in [1.29, 1.82) is 0 Å². The standard InChI is InChI=1S/C13H17ClN2/c1-4-16(3)13-9-11(6-5-10(2)15)7-8-12(13)14/h7-10H,4,15H2,1-3H3. The highest BCUT2D eigenvalue weighted by Gasteiger charge is 2.04. The molecule has 1 aromatic carbocycles. The van der Waals surface area contributed by atoms with Crippen LogP contribution in [0.5, 0.6) is 0 Å². The Morgan fingerprint density at radius 3 is 2.75 bits per heavy atom. The smallest absolute Gasteiger partial charge is 0.0640 e. The molecule has 16 heavy (non-hydrogen) atoms. The van der Waals surface area contributed by atoms with Crippen LogP contribution in [0.2, 0.25) is 5.02 Å². The fraction of sp³-hybridized carbons (Fsp3) is 0.385. The van der Waals surface area contributed by atoms with E-state index < -0.39 is 0 Å². The zero-order valence-corrected chi connectivity index (χ0v) is 10.7. The molecular weight excluding hydrogens is 220 g/mol. The summed E-state index contributed by atoms with van der Waals surface area (Å²) in [5.74, 6) is 5.96. The molecule has 1 aromatic rings. The third kappa shape index (κ3) is 3.44. The van der Waals surface area contributed by atoms with Gasteiger partial charge in [0, 0.05) is 19.2 Å². The van der Waals surface area contributed by atoms with Crippen LogP contribution < -0.4 is 10.6 Å². The third-order valence-corrected chi connectivity index (χ3v) is 2.60. The van der Waals surface area contributed by atoms with Crippen LogP contribution in [0.25, 0.3) is 0 Å². The Morgan fingerprint density at radius 1 is 1.50 bits per heavy atom. The van der Waals surface area contributed by atoms with Crippen molar-refractivity contribution in [1.82, 2.24) is 0 Å². The lowest BCUT2D eigenvalue weighted by Crippen LogP contribution is -2.16. The zero-order valence-electron chi connectivity index (χ0n) is 9.92. The first-order valence-electron chi connectivity index (χ1n) is 5.32. The highest BCUT2D eigenvalue weighted by atomic mass is 35.5. The van der Waals surface area contributed by atoms with Crippen molar-refractivity contribution >= 4 is 17.3 Å². The lowest BCUT2D eigenvalue weighted by atomic mass is 10.2. The van der Waals surface area contributed by atoms with E-state index in [-0.39, 0.29) is 6.04 Å². The number of hydrogen-bond acceptors (Lipinski definition) is 2. The number of rotatable bonds is 2. The molecule has 1 rings (SSSR count). The number of hydrogen-bond donors (Lipinski definition) is 1. The summed E-state index contributed by atoms with van der Waals surface area (Å²) in [5.41, 5.74) is 7.53. The van der Waals surface area contributed by atoms with Crippen molar-refractivity contribution in [2.24, 2.45) is 5.73 Å². The Labute approximate surface area is 102 Å². The zero-order chi connectivity index (χ0) is 12.1. The largest absolute Gasteiger partial charge is 0.374 e. The first-order valence-corrected chi connectivity index (χ1v) is 5.70. The molecular formula is C13H17ClN2. The molecule has 0 aliphatic rings. The SMILES string of the molecule is CCN(C)c1cc(C#CC(C)N)ccc1Cl. The fourth-order valence-corrected chi connectivity index (χ4v) is 1.51. The van der Waals surface area contributed by atoms with Gasteiger partial charge in [0.1, 0.15) is 0 Å². The second-order valence-electron chi connectivity index (χ2n) is 3.74. The summed E-state index contributed by atoms with van der Waals surface area (Å²) in [4.78, 5) is 2.08. The highest BCUT2D eigenvalue weighted by Crippen LogP contribution is 2.25. The lowest BCUT2D eigenvalue weighted by Gasteiger charge is -2.18. The molecule has 86 valence electrons. The first-order chi connectivity index (χ1) is 7.54. The van der Waals surface area contributed by atoms with Gasteiger partial charge in [-0.25, -0.2) is 0 Å². The molecule has 2 N–H and O–H groups in total. The molecule has 0 bridgehead atoms. The summed E-state index contributed by atoms with van der Waals surface area (Å²) in [7, 11) is 2.00. The van der Waals surface area contributed by atoms with Gasteiger partial charge in [0.2, 0.25) is 0 Å². The summed E-state index contributed by atoms with van der Waals surface area (Å²) in [5, 5.41) is 0.746. The second kappa shape index (κ2) is 5.79. The Bertz CT molecular complexity index is 416. The Morgan fingerprint density at radius 2 is 2.19 bits per heavy atom. The van der Waals surface area contributed by atoms with E-state index in [4.69, 9.17) is 17.3 Å². The molecule has 0 spiro atoms. The van der Waals surface area contributed by atoms with Crippen LogP contribution in [0, 0.1) is 11.8 Å². The normalized spacial score (nSPS) is 11.6. The van der Waals surface area contributed by atoms with Crippen molar-refractivity contribution < 1.29 is 0 Å². The van der Waals surface area contributed by atoms with Crippen molar-refractivity contribution in [2.45, 2.75) is 19.9 Å². The minimum atomic E-state index is -0.108. The molecule has 0 saturated heterocycles. The van der Waals surface area contributed by atoms with Gasteiger partial charge >= 0.3 is 0 Å². The van der Waals surface area contributed by atoms with E-state index in [1.807, 2.05) is 32.2 Å². The third-order valence-electron chi connectivity index (χ3n) is 2.28. The minimum Gasteiger partial charge on any atom is -0.374 e. The van der Waals surface area contributed by atoms with Gasteiger partial charge in [0.25, 0.3) is 0 Å². The van der Waals surface area contributed by atoms with Gasteiger partial charge in [-0.15, -0.1) is 0 Å². The molecule has 0 amide bonds. The molecule has 0 saturated carbocycles. The van der Waals surface area contributed by atoms with Gasteiger partial charge in [0.15, 0.2) is 0 Å². The van der Waals surface area contributed by atoms with Crippen molar-refractivity contribution in [3.05, 3.63) is 28.8 Å². The predicted octanol–water partition coefficient (Wildman–Crippen LogP) is 2.49. The molecule has 0 aliphatic carbocycles. The Kier molecular flexibility index (Phi) is 4.67. The van der Waals surface area contributed by atoms with Crippen LogP contribution in [0.4, 0.5) is 5.69 Å². The van der Waals surface area contributed by atoms with E-state index in [1.165, 1.54) is 0 Å². The monoisotopic (exact) mass is 236 g/mol. The molecule has 3 heteroatoms. The van der Waals surface area contributed by atoms with Crippen LogP contribution in [0.15, 0.2) is 18.2 Å². The van der Waals surface area contributed by atoms with Crippen LogP contribution >= 0.6 is 11.6 Å². The van der Waals surface area contributed by atoms with E-state index in [0.717, 1.165) is 22.8 Å². The first kappa shape index (κ1) is 12.9. The van der Waals surface area contributed by atoms with Crippen molar-refractivity contribution in [3.63, 3.8) is 0 Å². The molecule has 0 heterocycles. The number of nitrogens with zero attached hydrogens (tertiary/aromatic N) is 1. The summed E-state index contributed by atoms with van der Waals surface area (Å²) in [6.07, 6.45) is 0. The maximum atomic E-state index is 6.12. The summed E-state index contributed by atoms with van der Waals surface area (Å²) >= 11 is 6.12. The number of nitrogens with two attached hydrogens (primary N) is 1. The van der Waals surface area contributed by atoms with E-state index in [2.05, 4.69) is 23.7 Å². The molecule has 0 fully saturated rings. The molecule has 1 atom stereocenters. The van der Waals surface area contributed by atoms with Crippen LogP contribution in [-0.2, 0) is 0 Å². The van der Waals surface area contributed by atoms with Crippen LogP contribution in [0.3, 0.4) is 0 Å². The number of anilines is 1. The summed E-state index contributed by atoms with van der Waals surface area (Å²) in [6.45, 7) is 4.85. The van der Waals surface area contributed by atoms with E-state index in [1.54, 1.807) is 0 Å². The van der Waals surface area contributed by atoms with E-state index in [9.17, 15) is 0 Å². The van der Waals surface area contributed by atoms with Gasteiger partial charge in [0.05, 0.1) is 16.8 Å². The fourth-order valence-electron chi connectivity index (χ4n) is 1.25. The maximum absolute atomic E-state index is 6.12. The summed E-state index contributed by atoms with van der Waals surface area (Å²) < 4.78 is 0. The molecule has 1 unspecified atom stereocenters. The molecule has 0 radical (unpaired) electrons. The molecule has 0 aromatic heterocycles. The average molecular weight is 237 g/mol. The maximum Gasteiger partial charge on any atom is 0.0640 e. The summed E-state index contributed by atoms with van der Waals surface area (Å²) in [6, 6.07) is 5.66. The van der Waals surface area contributed by atoms with Gasteiger partial charge < -0.3 is 10.6 Å². The lowest BCUT2D eigenvalue weighted by molar-refractivity contribution is 0.959. The number of benzene rings is 1. The second-order valence-corrected chi connectivity index (χ2v) is 4.15. The number of halogens is 1. The van der Waals surface area contributed by atoms with Crippen LogP contribution in [0.1, 0.15) is 19.4 Å². The van der Waals surface area contributed by atoms with E-state index >= 15 is 0 Å². The molecule has 0 aliphatic heterocycles. The highest BCUT2D eigenvalue weighted by molar-refractivity contribution is 6.33. The van der Waals surface area contributed by atoms with Crippen LogP contribution in [-0.4, -0.2) is 19.6 Å². The Balaban J connectivity index is 3.04. The quantitative estimate of drug-likeness (QED) is 0.800. The van der Waals surface area contributed by atoms with Gasteiger partial charge in [-0.3, -0.25) is 0 Å². The Hall–Kier alpha value is -1.17. The molecule has 2 nitrogen and oxygen atoms in total. The average Bonchev–Trinajstić information content (AvgIpc) is 2.27. The van der Waals surface area contributed by atoms with Gasteiger partial charge in [-0.05, 0) is 32.0 Å². The van der Waals surface area contributed by atoms with Crippen molar-refractivity contribution in [2.75, 3.05) is 18.5 Å².